The van der Waals surface area contributed by atoms with Crippen molar-refractivity contribution in [1.29, 1.82) is 0 Å². The number of benzene rings is 1. The summed E-state index contributed by atoms with van der Waals surface area (Å²) in [5.41, 5.74) is 1.30. The molecule has 0 bridgehead atoms. The Morgan fingerprint density at radius 2 is 1.91 bits per heavy atom. The Morgan fingerprint density at radius 3 is 2.45 bits per heavy atom. The van der Waals surface area contributed by atoms with Crippen LogP contribution < -0.4 is 10.1 Å². The molecule has 22 heavy (non-hydrogen) atoms. The molecule has 1 fully saturated rings. The van der Waals surface area contributed by atoms with Gasteiger partial charge in [-0.2, -0.15) is 0 Å². The van der Waals surface area contributed by atoms with Crippen LogP contribution in [-0.4, -0.2) is 38.2 Å². The van der Waals surface area contributed by atoms with Crippen molar-refractivity contribution in [2.75, 3.05) is 33.3 Å². The van der Waals surface area contributed by atoms with E-state index in [1.54, 1.807) is 7.11 Å². The average molecular weight is 414 g/mol. The second kappa shape index (κ2) is 10.7. The molecular formula is C16H27BrCl2N2O. The number of ether oxygens (including phenoxy) is 1. The van der Waals surface area contributed by atoms with Gasteiger partial charge in [-0.1, -0.05) is 36.2 Å². The van der Waals surface area contributed by atoms with Gasteiger partial charge in [0.05, 0.1) is 7.11 Å². The Bertz CT molecular complexity index is 442. The summed E-state index contributed by atoms with van der Waals surface area (Å²) in [5, 5.41) is 3.44. The highest BCUT2D eigenvalue weighted by Crippen LogP contribution is 2.37. The zero-order chi connectivity index (χ0) is 14.5. The molecule has 1 aromatic carbocycles. The highest BCUT2D eigenvalue weighted by molar-refractivity contribution is 9.10. The van der Waals surface area contributed by atoms with Crippen molar-refractivity contribution in [3.63, 3.8) is 0 Å². The van der Waals surface area contributed by atoms with Gasteiger partial charge in [-0.05, 0) is 24.1 Å². The highest BCUT2D eigenvalue weighted by Gasteiger charge is 2.28. The predicted molar refractivity (Wildman–Crippen MR) is 102 cm³/mol. The molecule has 1 aliphatic heterocycles. The van der Waals surface area contributed by atoms with E-state index in [2.05, 4.69) is 52.1 Å². The Balaban J connectivity index is 0.00000220. The number of nitrogens with one attached hydrogen (secondary N) is 1. The molecular weight excluding hydrogens is 387 g/mol. The summed E-state index contributed by atoms with van der Waals surface area (Å²) in [6.45, 7) is 8.96. The number of nitrogens with zero attached hydrogens (tertiary/aromatic N) is 1. The number of rotatable bonds is 5. The van der Waals surface area contributed by atoms with Crippen molar-refractivity contribution < 1.29 is 4.74 Å². The van der Waals surface area contributed by atoms with Gasteiger partial charge in [-0.25, -0.2) is 0 Å². The summed E-state index contributed by atoms with van der Waals surface area (Å²) in [7, 11) is 1.76. The summed E-state index contributed by atoms with van der Waals surface area (Å²) in [4.78, 5) is 2.59. The number of methoxy groups -OCH3 is 1. The van der Waals surface area contributed by atoms with Crippen LogP contribution in [-0.2, 0) is 0 Å². The van der Waals surface area contributed by atoms with Crippen LogP contribution in [0, 0.1) is 5.92 Å². The van der Waals surface area contributed by atoms with Gasteiger partial charge in [-0.15, -0.1) is 24.8 Å². The van der Waals surface area contributed by atoms with E-state index in [1.807, 2.05) is 6.07 Å². The molecule has 0 spiro atoms. The number of hydrogen-bond donors (Lipinski definition) is 1. The van der Waals surface area contributed by atoms with Crippen LogP contribution in [0.4, 0.5) is 0 Å². The third-order valence-electron chi connectivity index (χ3n) is 4.24. The average Bonchev–Trinajstić information content (AvgIpc) is 2.48. The lowest BCUT2D eigenvalue weighted by molar-refractivity contribution is 0.126. The molecule has 0 saturated carbocycles. The van der Waals surface area contributed by atoms with Crippen LogP contribution in [0.5, 0.6) is 5.75 Å². The van der Waals surface area contributed by atoms with Crippen molar-refractivity contribution >= 4 is 40.7 Å². The van der Waals surface area contributed by atoms with Crippen molar-refractivity contribution in [2.45, 2.75) is 26.3 Å². The van der Waals surface area contributed by atoms with Crippen LogP contribution in [0.25, 0.3) is 0 Å². The maximum Gasteiger partial charge on any atom is 0.123 e. The molecule has 2 atom stereocenters. The van der Waals surface area contributed by atoms with Crippen molar-refractivity contribution in [2.24, 2.45) is 5.92 Å². The Morgan fingerprint density at radius 1 is 1.27 bits per heavy atom. The Labute approximate surface area is 155 Å². The molecule has 1 N–H and O–H groups in total. The van der Waals surface area contributed by atoms with Crippen LogP contribution in [0.3, 0.4) is 0 Å². The normalized spacial score (nSPS) is 17.8. The fourth-order valence-corrected chi connectivity index (χ4v) is 3.36. The smallest absolute Gasteiger partial charge is 0.123 e. The first-order chi connectivity index (χ1) is 9.67. The van der Waals surface area contributed by atoms with E-state index in [-0.39, 0.29) is 24.8 Å². The number of halogens is 3. The van der Waals surface area contributed by atoms with Crippen LogP contribution in [0.15, 0.2) is 22.7 Å². The molecule has 2 rings (SSSR count). The molecule has 1 aromatic rings. The maximum atomic E-state index is 5.60. The molecule has 1 aliphatic rings. The Kier molecular flexibility index (Phi) is 10.7. The van der Waals surface area contributed by atoms with Crippen LogP contribution >= 0.6 is 40.7 Å². The largest absolute Gasteiger partial charge is 0.496 e. The van der Waals surface area contributed by atoms with Crippen molar-refractivity contribution in [3.05, 3.63) is 28.2 Å². The second-order valence-electron chi connectivity index (χ2n) is 5.50. The minimum absolute atomic E-state index is 0. The topological polar surface area (TPSA) is 24.5 Å². The van der Waals surface area contributed by atoms with Gasteiger partial charge in [0, 0.05) is 42.3 Å². The zero-order valence-electron chi connectivity index (χ0n) is 13.5. The molecule has 1 unspecified atom stereocenters. The molecule has 6 heteroatoms. The molecule has 128 valence electrons. The van der Waals surface area contributed by atoms with Gasteiger partial charge in [0.2, 0.25) is 0 Å². The van der Waals surface area contributed by atoms with E-state index >= 15 is 0 Å². The van der Waals surface area contributed by atoms with Crippen molar-refractivity contribution in [3.8, 4) is 5.75 Å². The monoisotopic (exact) mass is 412 g/mol. The summed E-state index contributed by atoms with van der Waals surface area (Å²) >= 11 is 3.60. The fraction of sp³-hybridized carbons (Fsp3) is 0.625. The number of piperazine rings is 1. The van der Waals surface area contributed by atoms with Gasteiger partial charge in [0.25, 0.3) is 0 Å². The summed E-state index contributed by atoms with van der Waals surface area (Å²) in [6, 6.07) is 6.76. The van der Waals surface area contributed by atoms with Crippen molar-refractivity contribution in [1.82, 2.24) is 10.2 Å². The molecule has 3 nitrogen and oxygen atoms in total. The summed E-state index contributed by atoms with van der Waals surface area (Å²) in [5.74, 6) is 1.60. The second-order valence-corrected chi connectivity index (χ2v) is 6.42. The van der Waals surface area contributed by atoms with E-state index in [0.29, 0.717) is 12.0 Å². The summed E-state index contributed by atoms with van der Waals surface area (Å²) < 4.78 is 6.73. The standard InChI is InChI=1S/C16H25BrN2O.2ClH/c1-4-12(2)16(19-9-7-18-8-10-19)14-11-13(17)5-6-15(14)20-3;;/h5-6,11-12,16,18H,4,7-10H2,1-3H3;2*1H/t12?,16-;;/m0../s1. The maximum absolute atomic E-state index is 5.60. The molecule has 1 saturated heterocycles. The lowest BCUT2D eigenvalue weighted by atomic mass is 9.90. The lowest BCUT2D eigenvalue weighted by Gasteiger charge is -2.39. The van der Waals surface area contributed by atoms with E-state index in [4.69, 9.17) is 4.74 Å². The molecule has 1 heterocycles. The first kappa shape index (κ1) is 22.0. The predicted octanol–water partition coefficient (Wildman–Crippen LogP) is 4.29. The number of hydrogen-bond acceptors (Lipinski definition) is 3. The van der Waals surface area contributed by atoms with E-state index < -0.39 is 0 Å². The van der Waals surface area contributed by atoms with E-state index in [1.165, 1.54) is 12.0 Å². The zero-order valence-corrected chi connectivity index (χ0v) is 16.7. The fourth-order valence-electron chi connectivity index (χ4n) is 2.98. The first-order valence-electron chi connectivity index (χ1n) is 7.45. The van der Waals surface area contributed by atoms with E-state index in [0.717, 1.165) is 36.4 Å². The quantitative estimate of drug-likeness (QED) is 0.778. The lowest BCUT2D eigenvalue weighted by Crippen LogP contribution is -2.46. The van der Waals surface area contributed by atoms with Gasteiger partial charge < -0.3 is 10.1 Å². The van der Waals surface area contributed by atoms with Crippen LogP contribution in [0.1, 0.15) is 31.9 Å². The van der Waals surface area contributed by atoms with Gasteiger partial charge in [-0.3, -0.25) is 4.90 Å². The minimum atomic E-state index is 0. The molecule has 0 amide bonds. The third kappa shape index (κ3) is 5.27. The molecule has 0 aliphatic carbocycles. The third-order valence-corrected chi connectivity index (χ3v) is 4.73. The van der Waals surface area contributed by atoms with Gasteiger partial charge in [0.1, 0.15) is 5.75 Å². The molecule has 0 radical (unpaired) electrons. The molecule has 0 aromatic heterocycles. The summed E-state index contributed by atoms with van der Waals surface area (Å²) in [6.07, 6.45) is 1.17. The van der Waals surface area contributed by atoms with E-state index in [9.17, 15) is 0 Å². The van der Waals surface area contributed by atoms with Gasteiger partial charge >= 0.3 is 0 Å². The highest BCUT2D eigenvalue weighted by atomic mass is 79.9. The van der Waals surface area contributed by atoms with Gasteiger partial charge in [0.15, 0.2) is 0 Å². The SMILES string of the molecule is CCC(C)[C@@H](c1cc(Br)ccc1OC)N1CCNCC1.Cl.Cl. The first-order valence-corrected chi connectivity index (χ1v) is 8.24. The van der Waals surface area contributed by atoms with Crippen LogP contribution in [0.2, 0.25) is 0 Å². The minimum Gasteiger partial charge on any atom is -0.496 e. The Hall–Kier alpha value is -0.000000000000000111.